The van der Waals surface area contributed by atoms with Gasteiger partial charge in [0.1, 0.15) is 0 Å². The van der Waals surface area contributed by atoms with E-state index in [2.05, 4.69) is 92.7 Å². The average Bonchev–Trinajstić information content (AvgIpc) is 3.66. The fourth-order valence-electron chi connectivity index (χ4n) is 4.08. The summed E-state index contributed by atoms with van der Waals surface area (Å²) in [6, 6.07) is 33.1. The maximum atomic E-state index is 4.63. The number of nitrogens with one attached hydrogen (secondary N) is 2. The standard InChI is InChI=1S/C20H14N4.C10H8/c1-2-14-10-16-5-6-18(23-16)12-20-8-7-19(24-20)11-17-4-3-15(22-17)9-13(1)21-14;1-2-6-10-8-4-3-7-9(10)5-1/h1-12,21,24H;1-8H. The van der Waals surface area contributed by atoms with Crippen molar-refractivity contribution in [3.05, 3.63) is 120 Å². The molecular formula is C30H22N4. The summed E-state index contributed by atoms with van der Waals surface area (Å²) in [5.41, 5.74) is 7.86. The number of fused-ring (bicyclic) bond motifs is 9. The van der Waals surface area contributed by atoms with Gasteiger partial charge in [-0.25, -0.2) is 9.97 Å². The second-order valence-corrected chi connectivity index (χ2v) is 8.25. The van der Waals surface area contributed by atoms with Gasteiger partial charge in [-0.3, -0.25) is 0 Å². The molecule has 162 valence electrons. The smallest absolute Gasteiger partial charge is 0.0658 e. The van der Waals surface area contributed by atoms with Crippen molar-refractivity contribution < 1.29 is 0 Å². The van der Waals surface area contributed by atoms with Crippen LogP contribution >= 0.6 is 0 Å². The Morgan fingerprint density at radius 3 is 0.971 bits per heavy atom. The van der Waals surface area contributed by atoms with E-state index < -0.39 is 0 Å². The predicted molar refractivity (Wildman–Crippen MR) is 143 cm³/mol. The summed E-state index contributed by atoms with van der Waals surface area (Å²) in [4.78, 5) is 16.0. The second kappa shape index (κ2) is 8.68. The number of hydrogen-bond donors (Lipinski definition) is 2. The molecule has 5 heterocycles. The van der Waals surface area contributed by atoms with Gasteiger partial charge in [-0.15, -0.1) is 0 Å². The van der Waals surface area contributed by atoms with Gasteiger partial charge >= 0.3 is 0 Å². The van der Waals surface area contributed by atoms with E-state index in [1.54, 1.807) is 0 Å². The average molecular weight is 439 g/mol. The maximum Gasteiger partial charge on any atom is 0.0658 e. The molecule has 2 N–H and O–H groups in total. The number of aromatic amines is 2. The van der Waals surface area contributed by atoms with E-state index in [9.17, 15) is 0 Å². The van der Waals surface area contributed by atoms with Crippen LogP contribution in [0.2, 0.25) is 0 Å². The van der Waals surface area contributed by atoms with Crippen LogP contribution < -0.4 is 0 Å². The molecule has 0 atom stereocenters. The topological polar surface area (TPSA) is 57.4 Å². The Kier molecular flexibility index (Phi) is 5.09. The van der Waals surface area contributed by atoms with E-state index >= 15 is 0 Å². The van der Waals surface area contributed by atoms with Crippen molar-refractivity contribution in [3.8, 4) is 0 Å². The molecule has 4 nitrogen and oxygen atoms in total. The number of H-pyrrole nitrogens is 2. The van der Waals surface area contributed by atoms with E-state index in [0.717, 1.165) is 44.8 Å². The highest BCUT2D eigenvalue weighted by Crippen LogP contribution is 2.17. The lowest BCUT2D eigenvalue weighted by molar-refractivity contribution is 1.31. The van der Waals surface area contributed by atoms with Crippen molar-refractivity contribution in [2.24, 2.45) is 0 Å². The van der Waals surface area contributed by atoms with Crippen LogP contribution in [0, 0.1) is 0 Å². The van der Waals surface area contributed by atoms with Gasteiger partial charge < -0.3 is 9.97 Å². The van der Waals surface area contributed by atoms with Crippen molar-refractivity contribution in [1.29, 1.82) is 0 Å². The summed E-state index contributed by atoms with van der Waals surface area (Å²) in [5.74, 6) is 0. The summed E-state index contributed by atoms with van der Waals surface area (Å²) in [6.45, 7) is 0. The van der Waals surface area contributed by atoms with Crippen LogP contribution in [0.4, 0.5) is 0 Å². The van der Waals surface area contributed by atoms with Gasteiger partial charge in [0.05, 0.1) is 22.8 Å². The molecule has 5 aromatic rings. The Labute approximate surface area is 197 Å². The Balaban J connectivity index is 0.000000182. The highest BCUT2D eigenvalue weighted by molar-refractivity contribution is 5.82. The Morgan fingerprint density at radius 1 is 0.382 bits per heavy atom. The molecule has 7 rings (SSSR count). The minimum atomic E-state index is 0.939. The molecule has 4 heteroatoms. The van der Waals surface area contributed by atoms with Crippen LogP contribution in [-0.4, -0.2) is 19.9 Å². The molecule has 0 saturated heterocycles. The predicted octanol–water partition coefficient (Wildman–Crippen LogP) is 7.50. The molecule has 3 aromatic heterocycles. The van der Waals surface area contributed by atoms with Crippen molar-refractivity contribution in [2.45, 2.75) is 0 Å². The zero-order valence-electron chi connectivity index (χ0n) is 18.4. The summed E-state index contributed by atoms with van der Waals surface area (Å²) in [7, 11) is 0. The largest absolute Gasteiger partial charge is 0.355 e. The van der Waals surface area contributed by atoms with E-state index in [0.29, 0.717) is 0 Å². The number of hydrogen-bond acceptors (Lipinski definition) is 2. The molecule has 0 radical (unpaired) electrons. The van der Waals surface area contributed by atoms with Crippen LogP contribution in [0.25, 0.3) is 57.1 Å². The van der Waals surface area contributed by atoms with Crippen molar-refractivity contribution in [1.82, 2.24) is 19.9 Å². The lowest BCUT2D eigenvalue weighted by atomic mass is 10.1. The molecule has 2 aliphatic rings. The van der Waals surface area contributed by atoms with Crippen LogP contribution in [-0.2, 0) is 0 Å². The number of rotatable bonds is 0. The third-order valence-corrected chi connectivity index (χ3v) is 5.70. The zero-order valence-corrected chi connectivity index (χ0v) is 18.4. The highest BCUT2D eigenvalue weighted by Gasteiger charge is 2.01. The molecular weight excluding hydrogens is 416 g/mol. The van der Waals surface area contributed by atoms with Gasteiger partial charge in [0.2, 0.25) is 0 Å². The normalized spacial score (nSPS) is 11.9. The molecule has 0 aliphatic carbocycles. The Morgan fingerprint density at radius 2 is 0.676 bits per heavy atom. The van der Waals surface area contributed by atoms with Gasteiger partial charge in [0, 0.05) is 22.1 Å². The maximum absolute atomic E-state index is 4.63. The van der Waals surface area contributed by atoms with Crippen LogP contribution in [0.1, 0.15) is 22.8 Å². The first-order valence-electron chi connectivity index (χ1n) is 11.3. The molecule has 2 aromatic carbocycles. The Bertz CT molecular complexity index is 1480. The first kappa shape index (κ1) is 19.9. The molecule has 34 heavy (non-hydrogen) atoms. The fourth-order valence-corrected chi connectivity index (χ4v) is 4.08. The summed E-state index contributed by atoms with van der Waals surface area (Å²) >= 11 is 0. The first-order chi connectivity index (χ1) is 16.8. The van der Waals surface area contributed by atoms with Gasteiger partial charge in [0.15, 0.2) is 0 Å². The Hall–Kier alpha value is -4.70. The molecule has 0 unspecified atom stereocenters. The van der Waals surface area contributed by atoms with Crippen molar-refractivity contribution in [2.75, 3.05) is 0 Å². The summed E-state index contributed by atoms with van der Waals surface area (Å²) in [5, 5.41) is 2.62. The van der Waals surface area contributed by atoms with E-state index in [4.69, 9.17) is 0 Å². The van der Waals surface area contributed by atoms with Gasteiger partial charge in [-0.2, -0.15) is 0 Å². The molecule has 0 saturated carbocycles. The monoisotopic (exact) mass is 438 g/mol. The number of nitrogens with zero attached hydrogens (tertiary/aromatic N) is 2. The summed E-state index contributed by atoms with van der Waals surface area (Å²) in [6.07, 6.45) is 8.09. The third kappa shape index (κ3) is 4.43. The fraction of sp³-hybridized carbons (Fsp3) is 0. The number of benzene rings is 2. The highest BCUT2D eigenvalue weighted by atomic mass is 14.8. The zero-order chi connectivity index (χ0) is 22.7. The molecule has 0 spiro atoms. The lowest BCUT2D eigenvalue weighted by Gasteiger charge is -1.92. The van der Waals surface area contributed by atoms with E-state index in [1.165, 1.54) is 10.8 Å². The van der Waals surface area contributed by atoms with E-state index in [1.807, 2.05) is 48.6 Å². The van der Waals surface area contributed by atoms with Crippen LogP contribution in [0.5, 0.6) is 0 Å². The molecule has 2 aliphatic heterocycles. The third-order valence-electron chi connectivity index (χ3n) is 5.70. The van der Waals surface area contributed by atoms with Crippen molar-refractivity contribution >= 4 is 57.1 Å². The minimum Gasteiger partial charge on any atom is -0.355 e. The van der Waals surface area contributed by atoms with Gasteiger partial charge in [-0.05, 0) is 83.6 Å². The van der Waals surface area contributed by atoms with E-state index in [-0.39, 0.29) is 0 Å². The lowest BCUT2D eigenvalue weighted by Crippen LogP contribution is -1.75. The van der Waals surface area contributed by atoms with Gasteiger partial charge in [-0.1, -0.05) is 48.5 Å². The quantitative estimate of drug-likeness (QED) is 0.258. The van der Waals surface area contributed by atoms with Crippen LogP contribution in [0.15, 0.2) is 97.1 Å². The molecule has 0 fully saturated rings. The minimum absolute atomic E-state index is 0.939. The molecule has 8 bridgehead atoms. The molecule has 0 amide bonds. The SMILES string of the molecule is C1=Cc2cc3ccc(cc4nc(cc5ccc(cc1n2)[nH]5)C=C4)[nH]3.c1ccc2ccccc2c1. The second-order valence-electron chi connectivity index (χ2n) is 8.25. The van der Waals surface area contributed by atoms with Crippen molar-refractivity contribution in [3.63, 3.8) is 0 Å². The first-order valence-corrected chi connectivity index (χ1v) is 11.3. The van der Waals surface area contributed by atoms with Crippen LogP contribution in [0.3, 0.4) is 0 Å². The summed E-state index contributed by atoms with van der Waals surface area (Å²) < 4.78 is 0. The van der Waals surface area contributed by atoms with Gasteiger partial charge in [0.25, 0.3) is 0 Å². The number of aromatic nitrogens is 4.